The van der Waals surface area contributed by atoms with Crippen LogP contribution in [0.5, 0.6) is 0 Å². The molecule has 2 aliphatic heterocycles. The maximum absolute atomic E-state index is 14.7. The fourth-order valence-corrected chi connectivity index (χ4v) is 6.45. The molecule has 0 unspecified atom stereocenters. The number of nitriles is 1. The van der Waals surface area contributed by atoms with E-state index in [0.717, 1.165) is 59.4 Å². The fourth-order valence-electron chi connectivity index (χ4n) is 5.19. The average molecular weight is 509 g/mol. The van der Waals surface area contributed by atoms with E-state index in [1.54, 1.807) is 0 Å². The zero-order valence-electron chi connectivity index (χ0n) is 19.2. The Morgan fingerprint density at radius 3 is 2.86 bits per heavy atom. The molecule has 3 aromatic heterocycles. The van der Waals surface area contributed by atoms with Crippen molar-refractivity contribution in [3.63, 3.8) is 0 Å². The molecule has 35 heavy (non-hydrogen) atoms. The van der Waals surface area contributed by atoms with Crippen molar-refractivity contribution in [2.75, 3.05) is 37.8 Å². The van der Waals surface area contributed by atoms with Crippen molar-refractivity contribution in [1.29, 1.82) is 5.26 Å². The van der Waals surface area contributed by atoms with Crippen molar-refractivity contribution in [3.05, 3.63) is 45.9 Å². The molecule has 0 radical (unpaired) electrons. The van der Waals surface area contributed by atoms with Gasteiger partial charge in [0, 0.05) is 35.5 Å². The number of nitrogen functional groups attached to an aromatic ring is 1. The summed E-state index contributed by atoms with van der Waals surface area (Å²) in [5.41, 5.74) is 9.87. The summed E-state index contributed by atoms with van der Waals surface area (Å²) in [4.78, 5) is 13.9. The highest BCUT2D eigenvalue weighted by atomic mass is 35.5. The number of hydrogen-bond acceptors (Lipinski definition) is 8. The van der Waals surface area contributed by atoms with Crippen molar-refractivity contribution < 1.29 is 9.13 Å². The van der Waals surface area contributed by atoms with Gasteiger partial charge in [-0.1, -0.05) is 11.6 Å². The van der Waals surface area contributed by atoms with Gasteiger partial charge in [0.15, 0.2) is 5.82 Å². The van der Waals surface area contributed by atoms with Crippen molar-refractivity contribution in [2.45, 2.75) is 25.7 Å². The van der Waals surface area contributed by atoms with E-state index in [9.17, 15) is 9.65 Å². The highest BCUT2D eigenvalue weighted by molar-refractivity contribution is 7.23. The number of hydrogen-bond donors (Lipinski definition) is 1. The van der Waals surface area contributed by atoms with Crippen LogP contribution in [0.1, 0.15) is 23.1 Å². The number of anilines is 2. The zero-order valence-corrected chi connectivity index (χ0v) is 20.8. The van der Waals surface area contributed by atoms with Gasteiger partial charge in [0.1, 0.15) is 16.9 Å². The van der Waals surface area contributed by atoms with Gasteiger partial charge in [-0.05, 0) is 43.8 Å². The quantitative estimate of drug-likeness (QED) is 0.419. The first-order valence-corrected chi connectivity index (χ1v) is 12.5. The average Bonchev–Trinajstić information content (AvgIpc) is 3.59. The normalized spacial score (nSPS) is 17.6. The first-order chi connectivity index (χ1) is 16.9. The number of thiophene rings is 1. The first kappa shape index (κ1) is 22.4. The molecule has 178 valence electrons. The minimum absolute atomic E-state index is 0.212. The molecular weight excluding hydrogens is 487 g/mol. The van der Waals surface area contributed by atoms with Crippen molar-refractivity contribution in [3.8, 4) is 17.3 Å². The Morgan fingerprint density at radius 1 is 1.31 bits per heavy atom. The van der Waals surface area contributed by atoms with Crippen LogP contribution in [0, 0.1) is 17.1 Å². The summed E-state index contributed by atoms with van der Waals surface area (Å²) >= 11 is 8.11. The van der Waals surface area contributed by atoms with Gasteiger partial charge >= 0.3 is 0 Å². The van der Waals surface area contributed by atoms with Crippen molar-refractivity contribution >= 4 is 54.7 Å². The molecule has 1 atom stereocenters. The number of ether oxygens (including phenoxy) is 1. The van der Waals surface area contributed by atoms with Crippen LogP contribution in [-0.2, 0) is 18.0 Å². The number of fused-ring (bicyclic) bond motifs is 4. The predicted molar refractivity (Wildman–Crippen MR) is 137 cm³/mol. The Morgan fingerprint density at radius 2 is 2.11 bits per heavy atom. The second-order valence-corrected chi connectivity index (χ2v) is 10.6. The summed E-state index contributed by atoms with van der Waals surface area (Å²) in [6.45, 7) is 2.58. The molecule has 1 saturated heterocycles. The number of halogens is 2. The molecular formula is C25H22ClFN6OS. The lowest BCUT2D eigenvalue weighted by Crippen LogP contribution is -2.31. The van der Waals surface area contributed by atoms with Gasteiger partial charge in [-0.2, -0.15) is 5.26 Å². The molecule has 1 aromatic carbocycles. The van der Waals surface area contributed by atoms with Gasteiger partial charge in [0.25, 0.3) is 0 Å². The van der Waals surface area contributed by atoms with Crippen molar-refractivity contribution in [1.82, 2.24) is 14.9 Å². The topological polar surface area (TPSA) is 91.3 Å². The van der Waals surface area contributed by atoms with Gasteiger partial charge in [0.2, 0.25) is 0 Å². The molecule has 1 fully saturated rings. The van der Waals surface area contributed by atoms with E-state index in [0.29, 0.717) is 51.1 Å². The molecule has 6 rings (SSSR count). The lowest BCUT2D eigenvalue weighted by molar-refractivity contribution is 0.135. The molecule has 0 bridgehead atoms. The molecule has 0 aliphatic carbocycles. The van der Waals surface area contributed by atoms with Crippen LogP contribution in [0.15, 0.2) is 18.3 Å². The Kier molecular flexibility index (Phi) is 5.31. The molecule has 7 nitrogen and oxygen atoms in total. The lowest BCUT2D eigenvalue weighted by atomic mass is 9.94. The van der Waals surface area contributed by atoms with Gasteiger partial charge in [-0.3, -0.25) is 4.98 Å². The van der Waals surface area contributed by atoms with E-state index >= 15 is 0 Å². The monoisotopic (exact) mass is 508 g/mol. The van der Waals surface area contributed by atoms with Crippen LogP contribution >= 0.6 is 22.9 Å². The van der Waals surface area contributed by atoms with Crippen molar-refractivity contribution in [2.24, 2.45) is 0 Å². The lowest BCUT2D eigenvalue weighted by Gasteiger charge is -2.22. The van der Waals surface area contributed by atoms with E-state index in [-0.39, 0.29) is 10.6 Å². The smallest absolute Gasteiger partial charge is 0.159 e. The van der Waals surface area contributed by atoms with Crippen LogP contribution in [0.25, 0.3) is 32.2 Å². The summed E-state index contributed by atoms with van der Waals surface area (Å²) in [7, 11) is 4.19. The van der Waals surface area contributed by atoms with Gasteiger partial charge in [-0.15, -0.1) is 11.3 Å². The third kappa shape index (κ3) is 3.36. The number of pyridine rings is 2. The molecule has 4 aromatic rings. The van der Waals surface area contributed by atoms with E-state index < -0.39 is 5.82 Å². The number of aromatic nitrogens is 2. The largest absolute Gasteiger partial charge is 0.389 e. The number of rotatable bonds is 3. The minimum atomic E-state index is -0.517. The summed E-state index contributed by atoms with van der Waals surface area (Å²) in [6, 6.07) is 6.68. The molecule has 2 N–H and O–H groups in total. The number of likely N-dealkylation sites (N-methyl/N-ethyl adjacent to an activating group) is 1. The Labute approximate surface area is 210 Å². The van der Waals surface area contributed by atoms with Gasteiger partial charge < -0.3 is 20.3 Å². The van der Waals surface area contributed by atoms with E-state index in [1.165, 1.54) is 0 Å². The van der Waals surface area contributed by atoms with Gasteiger partial charge in [-0.25, -0.2) is 9.37 Å². The number of nitrogens with zero attached hydrogens (tertiary/aromatic N) is 5. The standard InChI is InChI=1S/C25H22ClFN6OS/c1-32(2)12-5-6-33(9-12)18-4-3-13-15-10-34-11-16(15)19(21(26)22(13)31-18)23-20-14(7-28)25(29)35-24(20)17(27)8-30-23/h3-4,8,12H,5-6,9-11,29H2,1-2H3/t12-/m0/s1. The summed E-state index contributed by atoms with van der Waals surface area (Å²) in [6.07, 6.45) is 2.23. The van der Waals surface area contributed by atoms with E-state index in [4.69, 9.17) is 27.1 Å². The van der Waals surface area contributed by atoms with Crippen LogP contribution in [0.4, 0.5) is 15.2 Å². The van der Waals surface area contributed by atoms with E-state index in [1.807, 2.05) is 6.07 Å². The van der Waals surface area contributed by atoms with Gasteiger partial charge in [0.05, 0.1) is 45.9 Å². The summed E-state index contributed by atoms with van der Waals surface area (Å²) in [5.74, 6) is 0.347. The Hall–Kier alpha value is -3.03. The predicted octanol–water partition coefficient (Wildman–Crippen LogP) is 4.93. The van der Waals surface area contributed by atoms with Crippen LogP contribution < -0.4 is 10.6 Å². The third-order valence-corrected chi connectivity index (χ3v) is 8.45. The second-order valence-electron chi connectivity index (χ2n) is 9.17. The summed E-state index contributed by atoms with van der Waals surface area (Å²) in [5, 5.41) is 11.8. The summed E-state index contributed by atoms with van der Waals surface area (Å²) < 4.78 is 20.8. The maximum atomic E-state index is 14.7. The number of nitrogens with two attached hydrogens (primary N) is 1. The maximum Gasteiger partial charge on any atom is 0.159 e. The van der Waals surface area contributed by atoms with Crippen LogP contribution in [0.2, 0.25) is 5.02 Å². The first-order valence-electron chi connectivity index (χ1n) is 11.3. The second kappa shape index (κ2) is 8.28. The van der Waals surface area contributed by atoms with Crippen LogP contribution in [-0.4, -0.2) is 48.1 Å². The number of benzene rings is 1. The highest BCUT2D eigenvalue weighted by Gasteiger charge is 2.30. The Bertz CT molecular complexity index is 1560. The molecule has 2 aliphatic rings. The van der Waals surface area contributed by atoms with Crippen LogP contribution in [0.3, 0.4) is 0 Å². The molecule has 5 heterocycles. The minimum Gasteiger partial charge on any atom is -0.389 e. The van der Waals surface area contributed by atoms with E-state index in [2.05, 4.69) is 41.0 Å². The molecule has 0 spiro atoms. The highest BCUT2D eigenvalue weighted by Crippen LogP contribution is 2.47. The molecule has 10 heteroatoms. The molecule has 0 saturated carbocycles. The third-order valence-electron chi connectivity index (χ3n) is 7.05. The Balaban J connectivity index is 1.60. The SMILES string of the molecule is CN(C)[C@H]1CCN(c2ccc3c4c(c(-c5ncc(F)c6sc(N)c(C#N)c56)c(Cl)c3n2)COC4)C1. The fraction of sp³-hybridized carbons (Fsp3) is 0.320. The zero-order chi connectivity index (χ0) is 24.4. The molecule has 0 amide bonds.